The molecule has 3 atom stereocenters. The zero-order valence-corrected chi connectivity index (χ0v) is 23.6. The predicted octanol–water partition coefficient (Wildman–Crippen LogP) is 5.20. The van der Waals surface area contributed by atoms with E-state index in [9.17, 15) is 13.2 Å². The van der Waals surface area contributed by atoms with Crippen molar-refractivity contribution >= 4 is 21.4 Å². The first-order valence-corrected chi connectivity index (χ1v) is 15.3. The summed E-state index contributed by atoms with van der Waals surface area (Å²) in [6.07, 6.45) is 7.90. The van der Waals surface area contributed by atoms with Crippen LogP contribution in [0.25, 0.3) is 0 Å². The molecule has 0 saturated carbocycles. The van der Waals surface area contributed by atoms with Crippen molar-refractivity contribution in [3.8, 4) is 11.5 Å². The molecule has 2 aromatic carbocycles. The summed E-state index contributed by atoms with van der Waals surface area (Å²) in [6, 6.07) is 18.7. The van der Waals surface area contributed by atoms with Gasteiger partial charge in [0.05, 0.1) is 25.5 Å². The number of carbonyl (C=O) groups is 1. The minimum absolute atomic E-state index is 0.0116. The molecule has 4 rings (SSSR count). The van der Waals surface area contributed by atoms with Gasteiger partial charge in [0.15, 0.2) is 0 Å². The van der Waals surface area contributed by atoms with Crippen LogP contribution in [0.15, 0.2) is 73.1 Å². The largest absolute Gasteiger partial charge is 0.497 e. The van der Waals surface area contributed by atoms with Gasteiger partial charge in [-0.15, -0.1) is 0 Å². The van der Waals surface area contributed by atoms with Crippen LogP contribution in [0.2, 0.25) is 0 Å². The normalized spacial score (nSPS) is 18.3. The molecule has 1 aromatic heterocycles. The molecule has 8 nitrogen and oxygen atoms in total. The van der Waals surface area contributed by atoms with E-state index in [1.807, 2.05) is 41.3 Å². The maximum Gasteiger partial charge on any atom is 0.250 e. The van der Waals surface area contributed by atoms with Crippen molar-refractivity contribution in [3.05, 3.63) is 84.2 Å². The van der Waals surface area contributed by atoms with Crippen LogP contribution in [-0.4, -0.2) is 56.0 Å². The molecule has 1 fully saturated rings. The smallest absolute Gasteiger partial charge is 0.250 e. The number of rotatable bonds is 11. The number of hydrogen-bond donors (Lipinski definition) is 1. The highest BCUT2D eigenvalue weighted by molar-refractivity contribution is 7.90. The van der Waals surface area contributed by atoms with Crippen molar-refractivity contribution in [2.45, 2.75) is 50.7 Å². The van der Waals surface area contributed by atoms with Crippen molar-refractivity contribution in [3.63, 3.8) is 0 Å². The Kier molecular flexibility index (Phi) is 9.45. The third kappa shape index (κ3) is 7.72. The molecule has 1 aliphatic heterocycles. The number of sulfone groups is 1. The predicted molar refractivity (Wildman–Crippen MR) is 153 cm³/mol. The number of likely N-dealkylation sites (tertiary alicyclic amines) is 1. The second kappa shape index (κ2) is 13.0. The summed E-state index contributed by atoms with van der Waals surface area (Å²) >= 11 is 0. The van der Waals surface area contributed by atoms with Gasteiger partial charge >= 0.3 is 0 Å². The molecule has 0 aliphatic carbocycles. The lowest BCUT2D eigenvalue weighted by molar-refractivity contribution is -0.139. The fraction of sp³-hybridized carbons (Fsp3) is 0.400. The molecule has 1 amide bonds. The zero-order chi connectivity index (χ0) is 27.8. The van der Waals surface area contributed by atoms with E-state index in [1.54, 1.807) is 31.6 Å². The minimum Gasteiger partial charge on any atom is -0.497 e. The SMILES string of the molecule is COc1cc(NC(C(=O)N2C(C)CCCC2c2ccccc2)c2cccnc2)cc(OCCCS(C)(=O)=O)c1. The van der Waals surface area contributed by atoms with Gasteiger partial charge in [-0.3, -0.25) is 9.78 Å². The highest BCUT2D eigenvalue weighted by atomic mass is 32.2. The van der Waals surface area contributed by atoms with E-state index < -0.39 is 15.9 Å². The quantitative estimate of drug-likeness (QED) is 0.327. The van der Waals surface area contributed by atoms with Crippen molar-refractivity contribution in [2.75, 3.05) is 31.0 Å². The first-order chi connectivity index (χ1) is 18.7. The standard InChI is InChI=1S/C30H37N3O5S/c1-22-10-7-14-28(23-11-5-4-6-12-23)33(22)30(34)29(24-13-8-15-31-21-24)32-25-18-26(37-2)20-27(19-25)38-16-9-17-39(3,35)36/h4-6,8,11-13,15,18-22,28-29,32H,7,9-10,14,16-17H2,1-3H3. The Morgan fingerprint density at radius 2 is 1.87 bits per heavy atom. The number of amides is 1. The number of piperidine rings is 1. The Hall–Kier alpha value is -3.59. The van der Waals surface area contributed by atoms with Crippen LogP contribution in [0.3, 0.4) is 0 Å². The zero-order valence-electron chi connectivity index (χ0n) is 22.7. The van der Waals surface area contributed by atoms with Crippen molar-refractivity contribution < 1.29 is 22.7 Å². The highest BCUT2D eigenvalue weighted by Crippen LogP contribution is 2.37. The first-order valence-electron chi connectivity index (χ1n) is 13.3. The number of aromatic nitrogens is 1. The third-order valence-electron chi connectivity index (χ3n) is 6.97. The number of methoxy groups -OCH3 is 1. The molecule has 0 bridgehead atoms. The van der Waals surface area contributed by atoms with Gasteiger partial charge in [-0.25, -0.2) is 8.42 Å². The highest BCUT2D eigenvalue weighted by Gasteiger charge is 2.37. The molecule has 3 aromatic rings. The Morgan fingerprint density at radius 1 is 1.10 bits per heavy atom. The number of ether oxygens (including phenoxy) is 2. The van der Waals surface area contributed by atoms with Crippen molar-refractivity contribution in [2.24, 2.45) is 0 Å². The van der Waals surface area contributed by atoms with Gasteiger partial charge in [-0.1, -0.05) is 36.4 Å². The second-order valence-electron chi connectivity index (χ2n) is 10.0. The fourth-order valence-electron chi connectivity index (χ4n) is 5.08. The maximum absolute atomic E-state index is 14.4. The topological polar surface area (TPSA) is 97.8 Å². The lowest BCUT2D eigenvalue weighted by atomic mass is 9.90. The number of hydrogen-bond acceptors (Lipinski definition) is 7. The number of pyridine rings is 1. The maximum atomic E-state index is 14.4. The molecule has 3 unspecified atom stereocenters. The van der Waals surface area contributed by atoms with Crippen molar-refractivity contribution in [1.82, 2.24) is 9.88 Å². The first kappa shape index (κ1) is 28.4. The van der Waals surface area contributed by atoms with Gasteiger partial charge in [0.1, 0.15) is 27.4 Å². The monoisotopic (exact) mass is 551 g/mol. The lowest BCUT2D eigenvalue weighted by Gasteiger charge is -2.43. The van der Waals surface area contributed by atoms with Crippen LogP contribution in [0.5, 0.6) is 11.5 Å². The summed E-state index contributed by atoms with van der Waals surface area (Å²) in [4.78, 5) is 20.7. The van der Waals surface area contributed by atoms with E-state index in [4.69, 9.17) is 9.47 Å². The Labute approximate surface area is 231 Å². The fourth-order valence-corrected chi connectivity index (χ4v) is 5.72. The van der Waals surface area contributed by atoms with Crippen LogP contribution < -0.4 is 14.8 Å². The van der Waals surface area contributed by atoms with E-state index in [2.05, 4.69) is 29.4 Å². The van der Waals surface area contributed by atoms with Crippen LogP contribution in [0.4, 0.5) is 5.69 Å². The van der Waals surface area contributed by atoms with Gasteiger partial charge < -0.3 is 19.7 Å². The molecule has 208 valence electrons. The van der Waals surface area contributed by atoms with Crippen molar-refractivity contribution in [1.29, 1.82) is 0 Å². The van der Waals surface area contributed by atoms with Gasteiger partial charge in [0.2, 0.25) is 0 Å². The van der Waals surface area contributed by atoms with Crippen LogP contribution in [0, 0.1) is 0 Å². The summed E-state index contributed by atoms with van der Waals surface area (Å²) in [7, 11) is -1.50. The van der Waals surface area contributed by atoms with Gasteiger partial charge in [-0.2, -0.15) is 0 Å². The third-order valence-corrected chi connectivity index (χ3v) is 8.00. The average molecular weight is 552 g/mol. The van der Waals surface area contributed by atoms with Crippen LogP contribution >= 0.6 is 0 Å². The molecule has 1 N–H and O–H groups in total. The summed E-state index contributed by atoms with van der Waals surface area (Å²) in [6.45, 7) is 2.36. The van der Waals surface area contributed by atoms with E-state index in [1.165, 1.54) is 6.26 Å². The Morgan fingerprint density at radius 3 is 2.56 bits per heavy atom. The Balaban J connectivity index is 1.63. The Bertz CT molecular complexity index is 1340. The molecule has 39 heavy (non-hydrogen) atoms. The average Bonchev–Trinajstić information content (AvgIpc) is 2.94. The number of benzene rings is 2. The molecule has 1 aliphatic rings. The van der Waals surface area contributed by atoms with Gasteiger partial charge in [0, 0.05) is 54.1 Å². The lowest BCUT2D eigenvalue weighted by Crippen LogP contribution is -2.47. The summed E-state index contributed by atoms with van der Waals surface area (Å²) in [5.41, 5.74) is 2.54. The van der Waals surface area contributed by atoms with Gasteiger partial charge in [-0.05, 0) is 44.2 Å². The summed E-state index contributed by atoms with van der Waals surface area (Å²) in [5.74, 6) is 1.11. The molecule has 0 radical (unpaired) electrons. The number of nitrogens with zero attached hydrogens (tertiary/aromatic N) is 2. The molecule has 9 heteroatoms. The second-order valence-corrected chi connectivity index (χ2v) is 12.3. The minimum atomic E-state index is -3.06. The van der Waals surface area contributed by atoms with E-state index >= 15 is 0 Å². The number of carbonyl (C=O) groups excluding carboxylic acids is 1. The number of anilines is 1. The summed E-state index contributed by atoms with van der Waals surface area (Å²) in [5, 5.41) is 3.43. The van der Waals surface area contributed by atoms with Gasteiger partial charge in [0.25, 0.3) is 5.91 Å². The number of nitrogens with one attached hydrogen (secondary N) is 1. The molecule has 1 saturated heterocycles. The molecule has 0 spiro atoms. The van der Waals surface area contributed by atoms with Crippen LogP contribution in [-0.2, 0) is 14.6 Å². The molecular formula is C30H37N3O5S. The summed E-state index contributed by atoms with van der Waals surface area (Å²) < 4.78 is 34.3. The van der Waals surface area contributed by atoms with E-state index in [0.29, 0.717) is 23.6 Å². The van der Waals surface area contributed by atoms with E-state index in [-0.39, 0.29) is 30.4 Å². The van der Waals surface area contributed by atoms with Crippen LogP contribution in [0.1, 0.15) is 55.8 Å². The molecular weight excluding hydrogens is 514 g/mol. The molecule has 2 heterocycles. The van der Waals surface area contributed by atoms with E-state index in [0.717, 1.165) is 30.4 Å².